The Labute approximate surface area is 161 Å². The van der Waals surface area contributed by atoms with Crippen LogP contribution in [0.3, 0.4) is 0 Å². The van der Waals surface area contributed by atoms with Crippen molar-refractivity contribution in [3.63, 3.8) is 0 Å². The topological polar surface area (TPSA) is 36.9 Å². The number of hydrogen-bond acceptors (Lipinski definition) is 4. The van der Waals surface area contributed by atoms with Crippen molar-refractivity contribution in [2.75, 3.05) is 19.8 Å². The Morgan fingerprint density at radius 2 is 1.23 bits per heavy atom. The molecule has 154 valence electrons. The van der Waals surface area contributed by atoms with Gasteiger partial charge in [0.15, 0.2) is 0 Å². The molecule has 0 saturated carbocycles. The van der Waals surface area contributed by atoms with Crippen LogP contribution in [0.25, 0.3) is 0 Å². The first-order valence-electron chi connectivity index (χ1n) is 10.7. The average Bonchev–Trinajstić information content (AvgIpc) is 2.59. The lowest BCUT2D eigenvalue weighted by molar-refractivity contribution is -0.244. The summed E-state index contributed by atoms with van der Waals surface area (Å²) in [6, 6.07) is 0. The number of ether oxygens (including phenoxy) is 4. The summed E-state index contributed by atoms with van der Waals surface area (Å²) in [5.74, 6) is 0. The van der Waals surface area contributed by atoms with Crippen LogP contribution in [0.2, 0.25) is 0 Å². The van der Waals surface area contributed by atoms with Crippen molar-refractivity contribution < 1.29 is 18.9 Å². The molecule has 0 N–H and O–H groups in total. The van der Waals surface area contributed by atoms with Gasteiger partial charge in [-0.15, -0.1) is 0 Å². The summed E-state index contributed by atoms with van der Waals surface area (Å²) < 4.78 is 25.2. The third-order valence-electron chi connectivity index (χ3n) is 4.73. The van der Waals surface area contributed by atoms with Gasteiger partial charge in [-0.05, 0) is 40.0 Å². The van der Waals surface area contributed by atoms with Gasteiger partial charge < -0.3 is 18.9 Å². The smallest absolute Gasteiger partial charge is 0.116 e. The molecule has 26 heavy (non-hydrogen) atoms. The summed E-state index contributed by atoms with van der Waals surface area (Å²) in [6.07, 6.45) is 8.35. The highest BCUT2D eigenvalue weighted by Gasteiger charge is 2.45. The van der Waals surface area contributed by atoms with Crippen LogP contribution in [-0.2, 0) is 18.9 Å². The van der Waals surface area contributed by atoms with E-state index in [1.54, 1.807) is 0 Å². The molecule has 1 aliphatic heterocycles. The fraction of sp³-hybridized carbons (Fsp3) is 0.909. The predicted molar refractivity (Wildman–Crippen MR) is 108 cm³/mol. The first kappa shape index (κ1) is 23.6. The average molecular weight is 371 g/mol. The van der Waals surface area contributed by atoms with Crippen LogP contribution in [0.5, 0.6) is 0 Å². The van der Waals surface area contributed by atoms with Crippen molar-refractivity contribution in [1.29, 1.82) is 0 Å². The second-order valence-electron chi connectivity index (χ2n) is 7.62. The van der Waals surface area contributed by atoms with Crippen LogP contribution in [0.4, 0.5) is 0 Å². The summed E-state index contributed by atoms with van der Waals surface area (Å²) in [5.41, 5.74) is 1.24. The largest absolute Gasteiger partial charge is 0.373 e. The lowest BCUT2D eigenvalue weighted by Crippen LogP contribution is -2.59. The van der Waals surface area contributed by atoms with Gasteiger partial charge in [-0.25, -0.2) is 0 Å². The Morgan fingerprint density at radius 3 is 1.69 bits per heavy atom. The molecule has 0 aromatic carbocycles. The summed E-state index contributed by atoms with van der Waals surface area (Å²) in [4.78, 5) is 0. The molecule has 4 heteroatoms. The van der Waals surface area contributed by atoms with E-state index < -0.39 is 0 Å². The summed E-state index contributed by atoms with van der Waals surface area (Å²) in [6.45, 7) is 15.1. The number of hydrogen-bond donors (Lipinski definition) is 0. The molecule has 5 atom stereocenters. The van der Waals surface area contributed by atoms with E-state index in [0.717, 1.165) is 58.3 Å². The van der Waals surface area contributed by atoms with Gasteiger partial charge in [-0.1, -0.05) is 51.7 Å². The summed E-state index contributed by atoms with van der Waals surface area (Å²) in [5, 5.41) is 0. The normalized spacial score (nSPS) is 28.9. The van der Waals surface area contributed by atoms with E-state index in [1.165, 1.54) is 5.57 Å². The Hall–Kier alpha value is -0.420. The van der Waals surface area contributed by atoms with Gasteiger partial charge in [0.2, 0.25) is 0 Å². The van der Waals surface area contributed by atoms with E-state index >= 15 is 0 Å². The Kier molecular flexibility index (Phi) is 12.4. The second kappa shape index (κ2) is 13.7. The molecule has 0 amide bonds. The molecule has 0 aromatic heterocycles. The van der Waals surface area contributed by atoms with Gasteiger partial charge >= 0.3 is 0 Å². The highest BCUT2D eigenvalue weighted by Crippen LogP contribution is 2.30. The molecule has 1 rings (SSSR count). The van der Waals surface area contributed by atoms with Gasteiger partial charge in [-0.2, -0.15) is 0 Å². The van der Waals surface area contributed by atoms with E-state index in [0.29, 0.717) is 0 Å². The zero-order valence-electron chi connectivity index (χ0n) is 18.0. The summed E-state index contributed by atoms with van der Waals surface area (Å²) in [7, 11) is 0. The van der Waals surface area contributed by atoms with Crippen LogP contribution in [-0.4, -0.2) is 50.3 Å². The predicted octanol–water partition coefficient (Wildman–Crippen LogP) is 5.30. The first-order chi connectivity index (χ1) is 12.5. The van der Waals surface area contributed by atoms with E-state index in [4.69, 9.17) is 18.9 Å². The molecular weight excluding hydrogens is 328 g/mol. The maximum Gasteiger partial charge on any atom is 0.116 e. The monoisotopic (exact) mass is 370 g/mol. The molecular formula is C22H42O4. The van der Waals surface area contributed by atoms with Crippen molar-refractivity contribution >= 4 is 0 Å². The second-order valence-corrected chi connectivity index (χ2v) is 7.62. The third kappa shape index (κ3) is 8.08. The van der Waals surface area contributed by atoms with Gasteiger partial charge in [0.1, 0.15) is 24.4 Å². The van der Waals surface area contributed by atoms with Crippen LogP contribution in [0.15, 0.2) is 11.6 Å². The molecule has 0 radical (unpaired) electrons. The van der Waals surface area contributed by atoms with Gasteiger partial charge in [-0.3, -0.25) is 0 Å². The number of rotatable bonds is 13. The molecule has 4 nitrogen and oxygen atoms in total. The van der Waals surface area contributed by atoms with E-state index in [2.05, 4.69) is 47.6 Å². The Morgan fingerprint density at radius 1 is 0.769 bits per heavy atom. The molecule has 1 aliphatic rings. The van der Waals surface area contributed by atoms with E-state index in [-0.39, 0.29) is 30.5 Å². The highest BCUT2D eigenvalue weighted by atomic mass is 16.6. The fourth-order valence-electron chi connectivity index (χ4n) is 3.21. The molecule has 0 aliphatic carbocycles. The zero-order chi connectivity index (χ0) is 19.4. The zero-order valence-corrected chi connectivity index (χ0v) is 18.0. The molecule has 0 spiro atoms. The third-order valence-corrected chi connectivity index (χ3v) is 4.73. The molecule has 0 unspecified atom stereocenters. The Bertz CT molecular complexity index is 378. The Balaban J connectivity index is 2.95. The standard InChI is InChI=1S/C22H42O4/c1-7-10-13-23-20-18(6)26-19(16-17(4)5)21(24-14-11-8-2)22(20)25-15-12-9-3/h16,18-22H,7-15H2,1-6H3/t18-,19-,20-,21-,22+/m0/s1. The van der Waals surface area contributed by atoms with Crippen molar-refractivity contribution in [3.05, 3.63) is 11.6 Å². The van der Waals surface area contributed by atoms with Gasteiger partial charge in [0.05, 0.1) is 6.10 Å². The van der Waals surface area contributed by atoms with Crippen LogP contribution >= 0.6 is 0 Å². The number of allylic oxidation sites excluding steroid dienone is 1. The maximum atomic E-state index is 6.33. The number of unbranched alkanes of at least 4 members (excludes halogenated alkanes) is 3. The highest BCUT2D eigenvalue weighted by molar-refractivity contribution is 5.07. The minimum atomic E-state index is -0.115. The fourth-order valence-corrected chi connectivity index (χ4v) is 3.21. The molecule has 0 bridgehead atoms. The lowest BCUT2D eigenvalue weighted by Gasteiger charge is -2.45. The van der Waals surface area contributed by atoms with Crippen molar-refractivity contribution in [2.45, 2.75) is 111 Å². The van der Waals surface area contributed by atoms with Gasteiger partial charge in [0, 0.05) is 19.8 Å². The molecule has 1 fully saturated rings. The van der Waals surface area contributed by atoms with E-state index in [1.807, 2.05) is 0 Å². The molecule has 1 saturated heterocycles. The van der Waals surface area contributed by atoms with Crippen LogP contribution < -0.4 is 0 Å². The van der Waals surface area contributed by atoms with Gasteiger partial charge in [0.25, 0.3) is 0 Å². The first-order valence-corrected chi connectivity index (χ1v) is 10.7. The van der Waals surface area contributed by atoms with Crippen molar-refractivity contribution in [1.82, 2.24) is 0 Å². The van der Waals surface area contributed by atoms with Crippen molar-refractivity contribution in [2.24, 2.45) is 0 Å². The minimum Gasteiger partial charge on any atom is -0.373 e. The lowest BCUT2D eigenvalue weighted by atomic mass is 9.93. The van der Waals surface area contributed by atoms with Crippen LogP contribution in [0.1, 0.15) is 80.1 Å². The minimum absolute atomic E-state index is 0.00916. The quantitative estimate of drug-likeness (QED) is 0.326. The van der Waals surface area contributed by atoms with Crippen molar-refractivity contribution in [3.8, 4) is 0 Å². The summed E-state index contributed by atoms with van der Waals surface area (Å²) >= 11 is 0. The van der Waals surface area contributed by atoms with Crippen LogP contribution in [0, 0.1) is 0 Å². The SMILES string of the molecule is CCCCO[C@@H]1[C@@H](OCCCC)[C@H](C)O[C@@H](C=C(C)C)[C@@H]1OCCCC. The molecule has 1 heterocycles. The van der Waals surface area contributed by atoms with E-state index in [9.17, 15) is 0 Å². The maximum absolute atomic E-state index is 6.33. The molecule has 0 aromatic rings.